The summed E-state index contributed by atoms with van der Waals surface area (Å²) >= 11 is 5.89. The van der Waals surface area contributed by atoms with E-state index in [-0.39, 0.29) is 0 Å². The molecule has 0 aliphatic carbocycles. The standard InChI is InChI=1S/C13H17ClN2O2/c14-12-2-1-10(7-11(12)13(15)17)16-8-9-3-5-18-6-4-9/h1-2,7,9,16H,3-6,8H2,(H2,15,17). The van der Waals surface area contributed by atoms with Crippen LogP contribution in [0.25, 0.3) is 0 Å². The Hall–Kier alpha value is -1.26. The normalized spacial score (nSPS) is 16.5. The number of nitrogens with one attached hydrogen (secondary N) is 1. The maximum atomic E-state index is 11.2. The van der Waals surface area contributed by atoms with Gasteiger partial charge in [0.1, 0.15) is 0 Å². The van der Waals surface area contributed by atoms with Crippen molar-refractivity contribution in [3.8, 4) is 0 Å². The van der Waals surface area contributed by atoms with Gasteiger partial charge < -0.3 is 15.8 Å². The van der Waals surface area contributed by atoms with Crippen LogP contribution >= 0.6 is 11.6 Å². The number of amides is 1. The highest BCUT2D eigenvalue weighted by molar-refractivity contribution is 6.33. The van der Waals surface area contributed by atoms with Crippen LogP contribution in [0.5, 0.6) is 0 Å². The van der Waals surface area contributed by atoms with E-state index in [9.17, 15) is 4.79 Å². The van der Waals surface area contributed by atoms with Crippen molar-refractivity contribution in [3.05, 3.63) is 28.8 Å². The molecule has 0 radical (unpaired) electrons. The van der Waals surface area contributed by atoms with Gasteiger partial charge in [-0.3, -0.25) is 4.79 Å². The van der Waals surface area contributed by atoms with Gasteiger partial charge in [0.25, 0.3) is 0 Å². The van der Waals surface area contributed by atoms with Gasteiger partial charge in [-0.05, 0) is 37.0 Å². The number of benzene rings is 1. The van der Waals surface area contributed by atoms with Gasteiger partial charge in [0.2, 0.25) is 5.91 Å². The molecule has 18 heavy (non-hydrogen) atoms. The highest BCUT2D eigenvalue weighted by Crippen LogP contribution is 2.21. The summed E-state index contributed by atoms with van der Waals surface area (Å²) < 4.78 is 5.31. The van der Waals surface area contributed by atoms with Gasteiger partial charge in [-0.25, -0.2) is 0 Å². The summed E-state index contributed by atoms with van der Waals surface area (Å²) in [5.41, 5.74) is 6.48. The highest BCUT2D eigenvalue weighted by atomic mass is 35.5. The van der Waals surface area contributed by atoms with Gasteiger partial charge in [0, 0.05) is 25.4 Å². The van der Waals surface area contributed by atoms with Crippen LogP contribution < -0.4 is 11.1 Å². The molecule has 1 saturated heterocycles. The van der Waals surface area contributed by atoms with Crippen molar-refractivity contribution in [2.24, 2.45) is 11.7 Å². The number of nitrogens with two attached hydrogens (primary N) is 1. The minimum Gasteiger partial charge on any atom is -0.385 e. The summed E-state index contributed by atoms with van der Waals surface area (Å²) in [6, 6.07) is 5.24. The number of hydrogen-bond donors (Lipinski definition) is 2. The molecule has 1 fully saturated rings. The largest absolute Gasteiger partial charge is 0.385 e. The predicted octanol–water partition coefficient (Wildman–Crippen LogP) is 2.28. The van der Waals surface area contributed by atoms with E-state index in [1.165, 1.54) is 0 Å². The number of rotatable bonds is 4. The molecule has 0 aromatic heterocycles. The van der Waals surface area contributed by atoms with Crippen molar-refractivity contribution in [1.82, 2.24) is 0 Å². The van der Waals surface area contributed by atoms with E-state index < -0.39 is 5.91 Å². The van der Waals surface area contributed by atoms with Crippen LogP contribution in [0.1, 0.15) is 23.2 Å². The van der Waals surface area contributed by atoms with Gasteiger partial charge in [0.05, 0.1) is 10.6 Å². The Balaban J connectivity index is 1.96. The van der Waals surface area contributed by atoms with Gasteiger partial charge in [-0.2, -0.15) is 0 Å². The Morgan fingerprint density at radius 2 is 2.17 bits per heavy atom. The minimum absolute atomic E-state index is 0.355. The molecule has 0 saturated carbocycles. The number of halogens is 1. The second-order valence-corrected chi connectivity index (χ2v) is 4.90. The summed E-state index contributed by atoms with van der Waals surface area (Å²) in [5, 5.41) is 3.70. The number of carbonyl (C=O) groups excluding carboxylic acids is 1. The van der Waals surface area contributed by atoms with Crippen LogP contribution in [0.15, 0.2) is 18.2 Å². The first kappa shape index (κ1) is 13.2. The smallest absolute Gasteiger partial charge is 0.250 e. The molecule has 3 N–H and O–H groups in total. The quantitative estimate of drug-likeness (QED) is 0.881. The fourth-order valence-corrected chi connectivity index (χ4v) is 2.25. The first-order valence-corrected chi connectivity index (χ1v) is 6.45. The van der Waals surface area contributed by atoms with E-state index in [1.54, 1.807) is 12.1 Å². The average Bonchev–Trinajstić information content (AvgIpc) is 2.38. The molecule has 1 heterocycles. The third kappa shape index (κ3) is 3.37. The molecular formula is C13H17ClN2O2. The Morgan fingerprint density at radius 3 is 2.83 bits per heavy atom. The zero-order chi connectivity index (χ0) is 13.0. The van der Waals surface area contributed by atoms with E-state index in [0.29, 0.717) is 16.5 Å². The highest BCUT2D eigenvalue weighted by Gasteiger charge is 2.14. The average molecular weight is 269 g/mol. The van der Waals surface area contributed by atoms with E-state index >= 15 is 0 Å². The fourth-order valence-electron chi connectivity index (χ4n) is 2.04. The monoisotopic (exact) mass is 268 g/mol. The molecule has 2 rings (SSSR count). The second-order valence-electron chi connectivity index (χ2n) is 4.50. The van der Waals surface area contributed by atoms with Crippen molar-refractivity contribution in [2.75, 3.05) is 25.1 Å². The minimum atomic E-state index is -0.505. The molecule has 98 valence electrons. The summed E-state index contributed by atoms with van der Waals surface area (Å²) in [4.78, 5) is 11.2. The molecule has 1 aliphatic rings. The predicted molar refractivity (Wildman–Crippen MR) is 72.0 cm³/mol. The Bertz CT molecular complexity index is 431. The lowest BCUT2D eigenvalue weighted by molar-refractivity contribution is 0.0699. The van der Waals surface area contributed by atoms with Crippen LogP contribution in [0.2, 0.25) is 5.02 Å². The number of carbonyl (C=O) groups is 1. The molecule has 5 heteroatoms. The van der Waals surface area contributed by atoms with Gasteiger partial charge in [0.15, 0.2) is 0 Å². The zero-order valence-corrected chi connectivity index (χ0v) is 10.9. The lowest BCUT2D eigenvalue weighted by Gasteiger charge is -2.22. The lowest BCUT2D eigenvalue weighted by Crippen LogP contribution is -2.22. The summed E-state index contributed by atoms with van der Waals surface area (Å²) in [7, 11) is 0. The molecule has 1 aromatic carbocycles. The number of hydrogen-bond acceptors (Lipinski definition) is 3. The molecule has 0 unspecified atom stereocenters. The van der Waals surface area contributed by atoms with Crippen LogP contribution in [0.3, 0.4) is 0 Å². The van der Waals surface area contributed by atoms with Crippen molar-refractivity contribution >= 4 is 23.2 Å². The Morgan fingerprint density at radius 1 is 1.44 bits per heavy atom. The molecule has 0 bridgehead atoms. The molecule has 4 nitrogen and oxygen atoms in total. The summed E-state index contributed by atoms with van der Waals surface area (Å²) in [6.45, 7) is 2.54. The molecule has 1 amide bonds. The maximum absolute atomic E-state index is 11.2. The maximum Gasteiger partial charge on any atom is 0.250 e. The van der Waals surface area contributed by atoms with E-state index in [0.717, 1.165) is 38.3 Å². The van der Waals surface area contributed by atoms with Crippen molar-refractivity contribution in [2.45, 2.75) is 12.8 Å². The SMILES string of the molecule is NC(=O)c1cc(NCC2CCOCC2)ccc1Cl. The van der Waals surface area contributed by atoms with Crippen LogP contribution in [0.4, 0.5) is 5.69 Å². The zero-order valence-electron chi connectivity index (χ0n) is 10.1. The number of ether oxygens (including phenoxy) is 1. The van der Waals surface area contributed by atoms with Crippen molar-refractivity contribution in [1.29, 1.82) is 0 Å². The van der Waals surface area contributed by atoms with E-state index in [4.69, 9.17) is 22.1 Å². The van der Waals surface area contributed by atoms with Crippen LogP contribution in [-0.2, 0) is 4.74 Å². The Labute approximate surface area is 111 Å². The summed E-state index contributed by atoms with van der Waals surface area (Å²) in [6.07, 6.45) is 2.15. The fraction of sp³-hybridized carbons (Fsp3) is 0.462. The van der Waals surface area contributed by atoms with Crippen molar-refractivity contribution in [3.63, 3.8) is 0 Å². The van der Waals surface area contributed by atoms with Crippen LogP contribution in [-0.4, -0.2) is 25.7 Å². The molecule has 1 aliphatic heterocycles. The topological polar surface area (TPSA) is 64.4 Å². The van der Waals surface area contributed by atoms with Gasteiger partial charge in [-0.1, -0.05) is 11.6 Å². The van der Waals surface area contributed by atoms with E-state index in [1.807, 2.05) is 6.07 Å². The third-order valence-corrected chi connectivity index (χ3v) is 3.50. The van der Waals surface area contributed by atoms with Gasteiger partial charge >= 0.3 is 0 Å². The van der Waals surface area contributed by atoms with Crippen molar-refractivity contribution < 1.29 is 9.53 Å². The molecule has 0 atom stereocenters. The van der Waals surface area contributed by atoms with Gasteiger partial charge in [-0.15, -0.1) is 0 Å². The lowest BCUT2D eigenvalue weighted by atomic mass is 10.0. The third-order valence-electron chi connectivity index (χ3n) is 3.17. The Kier molecular flexibility index (Phi) is 4.44. The second kappa shape index (κ2) is 6.07. The van der Waals surface area contributed by atoms with Crippen LogP contribution in [0, 0.1) is 5.92 Å². The molecule has 1 aromatic rings. The number of primary amides is 1. The van der Waals surface area contributed by atoms with E-state index in [2.05, 4.69) is 5.32 Å². The summed E-state index contributed by atoms with van der Waals surface area (Å²) in [5.74, 6) is 0.112. The molecule has 0 spiro atoms. The first-order chi connectivity index (χ1) is 8.66. The number of anilines is 1. The first-order valence-electron chi connectivity index (χ1n) is 6.08. The molecular weight excluding hydrogens is 252 g/mol.